The minimum absolute atomic E-state index is 0.0138. The summed E-state index contributed by atoms with van der Waals surface area (Å²) in [6.07, 6.45) is -2.94. The van der Waals surface area contributed by atoms with Gasteiger partial charge >= 0.3 is 6.18 Å². The third kappa shape index (κ3) is 3.71. The summed E-state index contributed by atoms with van der Waals surface area (Å²) in [5.74, 6) is -0.359. The highest BCUT2D eigenvalue weighted by molar-refractivity contribution is 5.57. The SMILES string of the molecule is CNc1nc(Nc2cn(C3CCOC[C@H]3F)nc2C)ncc1C(F)(F)F. The van der Waals surface area contributed by atoms with Gasteiger partial charge in [-0.15, -0.1) is 0 Å². The predicted octanol–water partition coefficient (Wildman–Crippen LogP) is 3.09. The quantitative estimate of drug-likeness (QED) is 0.801. The van der Waals surface area contributed by atoms with Crippen molar-refractivity contribution in [3.63, 3.8) is 0 Å². The van der Waals surface area contributed by atoms with Crippen molar-refractivity contribution in [1.82, 2.24) is 19.7 Å². The molecule has 26 heavy (non-hydrogen) atoms. The predicted molar refractivity (Wildman–Crippen MR) is 86.2 cm³/mol. The van der Waals surface area contributed by atoms with Crippen LogP contribution < -0.4 is 10.6 Å². The Morgan fingerprint density at radius 2 is 2.12 bits per heavy atom. The van der Waals surface area contributed by atoms with Crippen molar-refractivity contribution in [3.05, 3.63) is 23.7 Å². The van der Waals surface area contributed by atoms with Gasteiger partial charge in [-0.3, -0.25) is 4.68 Å². The van der Waals surface area contributed by atoms with Crippen molar-refractivity contribution < 1.29 is 22.3 Å². The van der Waals surface area contributed by atoms with Crippen LogP contribution in [0.25, 0.3) is 0 Å². The normalized spacial score (nSPS) is 20.8. The van der Waals surface area contributed by atoms with Crippen molar-refractivity contribution in [1.29, 1.82) is 0 Å². The van der Waals surface area contributed by atoms with E-state index < -0.39 is 24.0 Å². The van der Waals surface area contributed by atoms with E-state index in [9.17, 15) is 17.6 Å². The van der Waals surface area contributed by atoms with Crippen LogP contribution >= 0.6 is 0 Å². The fourth-order valence-corrected chi connectivity index (χ4v) is 2.72. The monoisotopic (exact) mass is 374 g/mol. The number of alkyl halides is 4. The molecule has 2 aromatic rings. The van der Waals surface area contributed by atoms with Gasteiger partial charge in [-0.25, -0.2) is 9.37 Å². The molecule has 1 aliphatic rings. The lowest BCUT2D eigenvalue weighted by molar-refractivity contribution is -0.137. The van der Waals surface area contributed by atoms with Gasteiger partial charge < -0.3 is 15.4 Å². The van der Waals surface area contributed by atoms with Crippen molar-refractivity contribution >= 4 is 17.5 Å². The van der Waals surface area contributed by atoms with Gasteiger partial charge in [-0.2, -0.15) is 23.3 Å². The molecular formula is C15H18F4N6O. The van der Waals surface area contributed by atoms with E-state index in [4.69, 9.17) is 4.74 Å². The van der Waals surface area contributed by atoms with Crippen LogP contribution in [0, 0.1) is 6.92 Å². The summed E-state index contributed by atoms with van der Waals surface area (Å²) >= 11 is 0. The lowest BCUT2D eigenvalue weighted by Crippen LogP contribution is -2.31. The largest absolute Gasteiger partial charge is 0.421 e. The summed E-state index contributed by atoms with van der Waals surface area (Å²) in [5, 5.41) is 9.53. The number of aromatic nitrogens is 4. The van der Waals surface area contributed by atoms with E-state index in [1.54, 1.807) is 13.1 Å². The van der Waals surface area contributed by atoms with E-state index in [1.165, 1.54) is 11.7 Å². The molecule has 0 radical (unpaired) electrons. The van der Waals surface area contributed by atoms with Gasteiger partial charge in [0.1, 0.15) is 17.6 Å². The minimum Gasteiger partial charge on any atom is -0.378 e. The van der Waals surface area contributed by atoms with Crippen LogP contribution in [0.4, 0.5) is 35.0 Å². The van der Waals surface area contributed by atoms with Crippen LogP contribution in [0.2, 0.25) is 0 Å². The molecular weight excluding hydrogens is 356 g/mol. The lowest BCUT2D eigenvalue weighted by atomic mass is 10.1. The first-order valence-electron chi connectivity index (χ1n) is 7.96. The van der Waals surface area contributed by atoms with Gasteiger partial charge in [0.2, 0.25) is 5.95 Å². The first-order valence-corrected chi connectivity index (χ1v) is 7.96. The first kappa shape index (κ1) is 18.4. The number of hydrogen-bond acceptors (Lipinski definition) is 6. The fraction of sp³-hybridized carbons (Fsp3) is 0.533. The maximum absolute atomic E-state index is 14.0. The van der Waals surface area contributed by atoms with Gasteiger partial charge in [0.05, 0.1) is 24.0 Å². The number of halogens is 4. The molecule has 1 fully saturated rings. The third-order valence-corrected chi connectivity index (χ3v) is 4.09. The molecule has 0 spiro atoms. The standard InChI is InChI=1S/C15H18F4N6O/c1-8-11(6-25(24-8)12-3-4-26-7-10(12)16)22-14-21-5-9(15(17,18)19)13(20-2)23-14/h5-6,10,12H,3-4,7H2,1-2H3,(H2,20,21,22,23)/t10-,12?/m1/s1. The molecule has 142 valence electrons. The van der Waals surface area contributed by atoms with Crippen molar-refractivity contribution in [2.45, 2.75) is 31.7 Å². The molecule has 1 unspecified atom stereocenters. The van der Waals surface area contributed by atoms with Crippen LogP contribution in [0.15, 0.2) is 12.4 Å². The molecule has 2 aromatic heterocycles. The van der Waals surface area contributed by atoms with Crippen LogP contribution in [0.1, 0.15) is 23.7 Å². The molecule has 1 saturated heterocycles. The smallest absolute Gasteiger partial charge is 0.378 e. The summed E-state index contributed by atoms with van der Waals surface area (Å²) < 4.78 is 59.3. The fourth-order valence-electron chi connectivity index (χ4n) is 2.72. The molecule has 3 heterocycles. The number of hydrogen-bond donors (Lipinski definition) is 2. The van der Waals surface area contributed by atoms with E-state index in [0.29, 0.717) is 30.6 Å². The van der Waals surface area contributed by atoms with E-state index in [0.717, 1.165) is 0 Å². The summed E-state index contributed by atoms with van der Waals surface area (Å²) in [6.45, 7) is 2.16. The van der Waals surface area contributed by atoms with Crippen molar-refractivity contribution in [2.24, 2.45) is 0 Å². The van der Waals surface area contributed by atoms with Crippen LogP contribution in [-0.4, -0.2) is 46.2 Å². The Hall–Kier alpha value is -2.43. The molecule has 1 aliphatic heterocycles. The number of rotatable bonds is 4. The summed E-state index contributed by atoms with van der Waals surface area (Å²) in [6, 6.07) is -0.445. The van der Waals surface area contributed by atoms with Crippen molar-refractivity contribution in [2.75, 3.05) is 30.9 Å². The molecule has 0 amide bonds. The van der Waals surface area contributed by atoms with E-state index in [-0.39, 0.29) is 18.4 Å². The number of aryl methyl sites for hydroxylation is 1. The first-order chi connectivity index (χ1) is 12.3. The summed E-state index contributed by atoms with van der Waals surface area (Å²) in [4.78, 5) is 7.56. The Bertz CT molecular complexity index is 778. The minimum atomic E-state index is -4.56. The Labute approximate surface area is 146 Å². The van der Waals surface area contributed by atoms with E-state index in [1.807, 2.05) is 0 Å². The molecule has 0 aliphatic carbocycles. The van der Waals surface area contributed by atoms with Gasteiger partial charge in [0, 0.05) is 26.0 Å². The Balaban J connectivity index is 1.83. The maximum atomic E-state index is 14.0. The second-order valence-electron chi connectivity index (χ2n) is 5.88. The van der Waals surface area contributed by atoms with Crippen LogP contribution in [0.5, 0.6) is 0 Å². The van der Waals surface area contributed by atoms with Gasteiger partial charge in [0.25, 0.3) is 0 Å². The average molecular weight is 374 g/mol. The number of anilines is 3. The highest BCUT2D eigenvalue weighted by Gasteiger charge is 2.35. The topological polar surface area (TPSA) is 76.9 Å². The molecule has 2 N–H and O–H groups in total. The van der Waals surface area contributed by atoms with Crippen LogP contribution in [0.3, 0.4) is 0 Å². The second-order valence-corrected chi connectivity index (χ2v) is 5.88. The number of nitrogens with zero attached hydrogens (tertiary/aromatic N) is 4. The third-order valence-electron chi connectivity index (χ3n) is 4.09. The maximum Gasteiger partial charge on any atom is 0.421 e. The molecule has 0 bridgehead atoms. The van der Waals surface area contributed by atoms with Gasteiger partial charge in [0.15, 0.2) is 0 Å². The Kier molecular flexibility index (Phi) is 4.99. The van der Waals surface area contributed by atoms with Crippen molar-refractivity contribution in [3.8, 4) is 0 Å². The molecule has 0 aromatic carbocycles. The average Bonchev–Trinajstić information content (AvgIpc) is 2.94. The molecule has 11 heteroatoms. The van der Waals surface area contributed by atoms with E-state index in [2.05, 4.69) is 25.7 Å². The van der Waals surface area contributed by atoms with Gasteiger partial charge in [-0.1, -0.05) is 0 Å². The van der Waals surface area contributed by atoms with Crippen LogP contribution in [-0.2, 0) is 10.9 Å². The van der Waals surface area contributed by atoms with E-state index >= 15 is 0 Å². The number of ether oxygens (including phenoxy) is 1. The highest BCUT2D eigenvalue weighted by Crippen LogP contribution is 2.34. The number of nitrogens with one attached hydrogen (secondary N) is 2. The zero-order valence-corrected chi connectivity index (χ0v) is 14.1. The Morgan fingerprint density at radius 1 is 1.35 bits per heavy atom. The molecule has 3 rings (SSSR count). The zero-order valence-electron chi connectivity index (χ0n) is 14.1. The molecule has 2 atom stereocenters. The highest BCUT2D eigenvalue weighted by atomic mass is 19.4. The van der Waals surface area contributed by atoms with Gasteiger partial charge in [-0.05, 0) is 13.3 Å². The molecule has 7 nitrogen and oxygen atoms in total. The molecule has 0 saturated carbocycles. The second kappa shape index (κ2) is 7.06. The zero-order chi connectivity index (χ0) is 18.9. The lowest BCUT2D eigenvalue weighted by Gasteiger charge is -2.26. The summed E-state index contributed by atoms with van der Waals surface area (Å²) in [7, 11) is 1.34. The summed E-state index contributed by atoms with van der Waals surface area (Å²) in [5.41, 5.74) is 0.0872. The Morgan fingerprint density at radius 3 is 2.77 bits per heavy atom.